The Bertz CT molecular complexity index is 1210. The van der Waals surface area contributed by atoms with Crippen molar-refractivity contribution in [1.29, 1.82) is 0 Å². The summed E-state index contributed by atoms with van der Waals surface area (Å²) in [6, 6.07) is 15.8. The second-order valence-corrected chi connectivity index (χ2v) is 7.91. The number of nitrogens with zero attached hydrogens (tertiary/aromatic N) is 2. The van der Waals surface area contributed by atoms with Crippen molar-refractivity contribution in [2.24, 2.45) is 11.5 Å². The van der Waals surface area contributed by atoms with Gasteiger partial charge in [-0.1, -0.05) is 18.2 Å². The van der Waals surface area contributed by atoms with Gasteiger partial charge in [-0.25, -0.2) is 0 Å². The van der Waals surface area contributed by atoms with Crippen LogP contribution in [0.2, 0.25) is 0 Å². The number of ether oxygens (including phenoxy) is 2. The van der Waals surface area contributed by atoms with E-state index in [1.165, 1.54) is 4.90 Å². The van der Waals surface area contributed by atoms with E-state index in [0.717, 1.165) is 5.39 Å². The van der Waals surface area contributed by atoms with Crippen LogP contribution in [0.5, 0.6) is 11.5 Å². The molecule has 0 aliphatic heterocycles. The van der Waals surface area contributed by atoms with Crippen molar-refractivity contribution >= 4 is 22.7 Å². The highest BCUT2D eigenvalue weighted by atomic mass is 16.5. The number of aromatic nitrogens is 1. The van der Waals surface area contributed by atoms with Crippen LogP contribution in [0.1, 0.15) is 19.4 Å². The maximum absolute atomic E-state index is 13.5. The number of amides is 2. The van der Waals surface area contributed by atoms with Gasteiger partial charge in [-0.15, -0.1) is 0 Å². The first-order valence-electron chi connectivity index (χ1n) is 11.1. The molecular formula is C25H30N4O5. The fourth-order valence-corrected chi connectivity index (χ4v) is 3.66. The van der Waals surface area contributed by atoms with Gasteiger partial charge in [0.1, 0.15) is 11.5 Å². The van der Waals surface area contributed by atoms with Crippen molar-refractivity contribution in [3.05, 3.63) is 70.5 Å². The summed E-state index contributed by atoms with van der Waals surface area (Å²) in [4.78, 5) is 38.3. The van der Waals surface area contributed by atoms with Gasteiger partial charge in [-0.2, -0.15) is 0 Å². The summed E-state index contributed by atoms with van der Waals surface area (Å²) in [7, 11) is 0. The van der Waals surface area contributed by atoms with Gasteiger partial charge in [-0.05, 0) is 49.6 Å². The monoisotopic (exact) mass is 466 g/mol. The minimum Gasteiger partial charge on any atom is -0.457 e. The highest BCUT2D eigenvalue weighted by Crippen LogP contribution is 2.26. The molecule has 9 nitrogen and oxygen atoms in total. The molecule has 0 aliphatic rings. The third kappa shape index (κ3) is 6.21. The lowest BCUT2D eigenvalue weighted by Gasteiger charge is -2.26. The van der Waals surface area contributed by atoms with Crippen LogP contribution in [-0.4, -0.2) is 47.1 Å². The van der Waals surface area contributed by atoms with E-state index < -0.39 is 17.9 Å². The zero-order chi connectivity index (χ0) is 24.7. The standard InChI is InChI=1S/C25H30N4O5/c1-3-33-12-11-29-22-14-21(34-20-7-5-4-6-8-20)10-9-18(22)13-19(25(29)32)15-28(16-23(26)30)17(2)24(27)31/h4-10,13-14,17H,3,11-12,15-16H2,1-2H3,(H2,26,30)(H2,27,31)/t17-/m0/s1. The normalized spacial score (nSPS) is 12.1. The van der Waals surface area contributed by atoms with Gasteiger partial charge in [0.25, 0.3) is 5.56 Å². The number of carbonyl (C=O) groups is 2. The number of nitrogens with two attached hydrogens (primary N) is 2. The van der Waals surface area contributed by atoms with Gasteiger partial charge >= 0.3 is 0 Å². The molecule has 34 heavy (non-hydrogen) atoms. The van der Waals surface area contributed by atoms with E-state index in [9.17, 15) is 14.4 Å². The van der Waals surface area contributed by atoms with Crippen molar-refractivity contribution in [2.45, 2.75) is 33.0 Å². The first-order chi connectivity index (χ1) is 16.3. The van der Waals surface area contributed by atoms with Crippen LogP contribution in [0.4, 0.5) is 0 Å². The minimum atomic E-state index is -0.777. The van der Waals surface area contributed by atoms with Crippen molar-refractivity contribution in [3.63, 3.8) is 0 Å². The Morgan fingerprint density at radius 2 is 1.79 bits per heavy atom. The van der Waals surface area contributed by atoms with Crippen LogP contribution < -0.4 is 21.8 Å². The van der Waals surface area contributed by atoms with Crippen LogP contribution in [0.25, 0.3) is 10.9 Å². The molecule has 2 amide bonds. The van der Waals surface area contributed by atoms with E-state index in [4.69, 9.17) is 20.9 Å². The highest BCUT2D eigenvalue weighted by molar-refractivity contribution is 5.82. The van der Waals surface area contributed by atoms with Crippen LogP contribution >= 0.6 is 0 Å². The van der Waals surface area contributed by atoms with E-state index in [1.54, 1.807) is 17.6 Å². The Morgan fingerprint density at radius 1 is 1.06 bits per heavy atom. The molecule has 4 N–H and O–H groups in total. The Labute approximate surface area is 197 Å². The van der Waals surface area contributed by atoms with E-state index in [0.29, 0.717) is 42.3 Å². The minimum absolute atomic E-state index is 0.0404. The van der Waals surface area contributed by atoms with Crippen molar-refractivity contribution in [2.75, 3.05) is 19.8 Å². The summed E-state index contributed by atoms with van der Waals surface area (Å²) in [5.74, 6) is 0.0487. The van der Waals surface area contributed by atoms with Crippen molar-refractivity contribution in [3.8, 4) is 11.5 Å². The molecule has 1 atom stereocenters. The summed E-state index contributed by atoms with van der Waals surface area (Å²) >= 11 is 0. The largest absolute Gasteiger partial charge is 0.457 e. The van der Waals surface area contributed by atoms with Crippen LogP contribution in [0, 0.1) is 0 Å². The molecule has 1 heterocycles. The number of carbonyl (C=O) groups excluding carboxylic acids is 2. The van der Waals surface area contributed by atoms with Gasteiger partial charge in [0, 0.05) is 31.3 Å². The summed E-state index contributed by atoms with van der Waals surface area (Å²) in [6.45, 7) is 4.50. The fourth-order valence-electron chi connectivity index (χ4n) is 3.66. The molecule has 2 aromatic carbocycles. The topological polar surface area (TPSA) is 130 Å². The van der Waals surface area contributed by atoms with Gasteiger partial charge in [0.15, 0.2) is 0 Å². The third-order valence-electron chi connectivity index (χ3n) is 5.48. The zero-order valence-electron chi connectivity index (χ0n) is 19.4. The number of para-hydroxylation sites is 1. The molecule has 0 bridgehead atoms. The molecule has 0 aliphatic carbocycles. The molecule has 1 aromatic heterocycles. The highest BCUT2D eigenvalue weighted by Gasteiger charge is 2.23. The van der Waals surface area contributed by atoms with Crippen LogP contribution in [0.3, 0.4) is 0 Å². The SMILES string of the molecule is CCOCCn1c(=O)c(CN(CC(N)=O)[C@@H](C)C(N)=O)cc2ccc(Oc3ccccc3)cc21. The second-order valence-electron chi connectivity index (χ2n) is 7.91. The summed E-state index contributed by atoms with van der Waals surface area (Å²) in [5, 5.41) is 0.803. The van der Waals surface area contributed by atoms with E-state index in [-0.39, 0.29) is 18.6 Å². The smallest absolute Gasteiger partial charge is 0.255 e. The number of hydrogen-bond donors (Lipinski definition) is 2. The van der Waals surface area contributed by atoms with Crippen LogP contribution in [0.15, 0.2) is 59.4 Å². The first kappa shape index (κ1) is 24.9. The third-order valence-corrected chi connectivity index (χ3v) is 5.48. The average molecular weight is 467 g/mol. The molecule has 0 unspecified atom stereocenters. The number of primary amides is 2. The molecule has 9 heteroatoms. The fraction of sp³-hybridized carbons (Fsp3) is 0.320. The number of benzene rings is 2. The lowest BCUT2D eigenvalue weighted by molar-refractivity contribution is -0.125. The number of fused-ring (bicyclic) bond motifs is 1. The average Bonchev–Trinajstić information content (AvgIpc) is 2.81. The second kappa shape index (κ2) is 11.4. The Kier molecular flexibility index (Phi) is 8.39. The van der Waals surface area contributed by atoms with Crippen LogP contribution in [-0.2, 0) is 27.4 Å². The summed E-state index contributed by atoms with van der Waals surface area (Å²) in [6.07, 6.45) is 0. The predicted molar refractivity (Wildman–Crippen MR) is 129 cm³/mol. The zero-order valence-corrected chi connectivity index (χ0v) is 19.4. The van der Waals surface area contributed by atoms with Crippen molar-refractivity contribution in [1.82, 2.24) is 9.47 Å². The quantitative estimate of drug-likeness (QED) is 0.393. The van der Waals surface area contributed by atoms with Gasteiger partial charge < -0.3 is 25.5 Å². The van der Waals surface area contributed by atoms with E-state index in [1.807, 2.05) is 55.5 Å². The molecule has 3 rings (SSSR count). The van der Waals surface area contributed by atoms with E-state index in [2.05, 4.69) is 0 Å². The molecule has 3 aromatic rings. The lowest BCUT2D eigenvalue weighted by Crippen LogP contribution is -2.47. The number of rotatable bonds is 12. The molecule has 0 saturated carbocycles. The molecule has 0 spiro atoms. The maximum atomic E-state index is 13.5. The molecule has 0 saturated heterocycles. The Balaban J connectivity index is 2.04. The Morgan fingerprint density at radius 3 is 2.44 bits per heavy atom. The van der Waals surface area contributed by atoms with Gasteiger partial charge in [0.05, 0.1) is 24.7 Å². The van der Waals surface area contributed by atoms with Crippen molar-refractivity contribution < 1.29 is 19.1 Å². The molecule has 0 fully saturated rings. The first-order valence-corrected chi connectivity index (χ1v) is 11.1. The number of pyridine rings is 1. The maximum Gasteiger partial charge on any atom is 0.255 e. The predicted octanol–water partition coefficient (Wildman–Crippen LogP) is 1.99. The van der Waals surface area contributed by atoms with Gasteiger partial charge in [0.2, 0.25) is 11.8 Å². The molecular weight excluding hydrogens is 436 g/mol. The summed E-state index contributed by atoms with van der Waals surface area (Å²) < 4.78 is 13.1. The summed E-state index contributed by atoms with van der Waals surface area (Å²) in [5.41, 5.74) is 11.6. The lowest BCUT2D eigenvalue weighted by atomic mass is 10.1. The van der Waals surface area contributed by atoms with Gasteiger partial charge in [-0.3, -0.25) is 19.3 Å². The number of hydrogen-bond acceptors (Lipinski definition) is 6. The Hall–Kier alpha value is -3.69. The molecule has 180 valence electrons. The molecule has 0 radical (unpaired) electrons. The van der Waals surface area contributed by atoms with E-state index >= 15 is 0 Å².